The summed E-state index contributed by atoms with van der Waals surface area (Å²) in [5, 5.41) is 11.6. The van der Waals surface area contributed by atoms with Crippen LogP contribution < -0.4 is 15.6 Å². The van der Waals surface area contributed by atoms with Crippen molar-refractivity contribution in [3.8, 4) is 11.4 Å². The van der Waals surface area contributed by atoms with Crippen molar-refractivity contribution in [3.63, 3.8) is 0 Å². The van der Waals surface area contributed by atoms with Crippen LogP contribution in [-0.2, 0) is 4.74 Å². The molecule has 0 aliphatic rings. The maximum Gasteiger partial charge on any atom is 0.359 e. The summed E-state index contributed by atoms with van der Waals surface area (Å²) in [6.45, 7) is 4.04. The molecule has 1 N–H and O–H groups in total. The van der Waals surface area contributed by atoms with Gasteiger partial charge in [-0.3, -0.25) is 9.59 Å². The third-order valence-electron chi connectivity index (χ3n) is 5.84. The van der Waals surface area contributed by atoms with E-state index in [-0.39, 0.29) is 22.7 Å². The van der Waals surface area contributed by atoms with Crippen LogP contribution in [0, 0.1) is 0 Å². The molecule has 5 rings (SSSR count). The molecule has 8 nitrogen and oxygen atoms in total. The number of nitrogens with one attached hydrogen (secondary N) is 1. The Kier molecular flexibility index (Phi) is 7.13. The van der Waals surface area contributed by atoms with E-state index in [0.29, 0.717) is 39.4 Å². The van der Waals surface area contributed by atoms with Gasteiger partial charge in [-0.1, -0.05) is 41.9 Å². The lowest BCUT2D eigenvalue weighted by atomic mass is 10.0. The molecule has 0 radical (unpaired) electrons. The molecule has 0 saturated heterocycles. The Morgan fingerprint density at radius 3 is 2.50 bits per heavy atom. The van der Waals surface area contributed by atoms with Crippen molar-refractivity contribution in [2.24, 2.45) is 0 Å². The van der Waals surface area contributed by atoms with E-state index in [1.165, 1.54) is 0 Å². The van der Waals surface area contributed by atoms with Gasteiger partial charge in [0, 0.05) is 15.8 Å². The van der Waals surface area contributed by atoms with Crippen molar-refractivity contribution >= 4 is 61.4 Å². The first-order chi connectivity index (χ1) is 18.4. The van der Waals surface area contributed by atoms with E-state index in [0.717, 1.165) is 21.4 Å². The molecule has 0 aliphatic carbocycles. The summed E-state index contributed by atoms with van der Waals surface area (Å²) in [6.07, 6.45) is 0. The molecular weight excluding hydrogens is 526 g/mol. The predicted octanol–water partition coefficient (Wildman–Crippen LogP) is 6.08. The molecule has 192 valence electrons. The molecule has 10 heteroatoms. The standard InChI is InChI=1S/C28H22ClN3O5S/c1-3-36-21-14-9-16-7-5-6-8-19(16)22(21)25(33)30-26-23-20(15-38-26)24(28(35)37-4-2)31-32(27(23)34)18-12-10-17(29)11-13-18/h5-15H,3-4H2,1-2H3,(H,30,33). The van der Waals surface area contributed by atoms with Gasteiger partial charge in [0.2, 0.25) is 0 Å². The Balaban J connectivity index is 1.68. The lowest BCUT2D eigenvalue weighted by Gasteiger charge is -2.13. The fraction of sp³-hybridized carbons (Fsp3) is 0.143. The fourth-order valence-electron chi connectivity index (χ4n) is 4.18. The molecule has 3 aromatic carbocycles. The summed E-state index contributed by atoms with van der Waals surface area (Å²) in [6, 6.07) is 17.6. The molecule has 0 fully saturated rings. The molecule has 0 aliphatic heterocycles. The van der Waals surface area contributed by atoms with E-state index in [1.807, 2.05) is 37.3 Å². The second-order valence-electron chi connectivity index (χ2n) is 8.16. The van der Waals surface area contributed by atoms with Crippen molar-refractivity contribution in [1.29, 1.82) is 0 Å². The van der Waals surface area contributed by atoms with Gasteiger partial charge < -0.3 is 14.8 Å². The maximum absolute atomic E-state index is 13.7. The molecule has 2 aromatic heterocycles. The summed E-state index contributed by atoms with van der Waals surface area (Å²) >= 11 is 7.14. The third-order valence-corrected chi connectivity index (χ3v) is 6.98. The Labute approximate surface area is 226 Å². The van der Waals surface area contributed by atoms with Crippen molar-refractivity contribution in [1.82, 2.24) is 9.78 Å². The number of hydrogen-bond acceptors (Lipinski definition) is 7. The molecule has 0 unspecified atom stereocenters. The third kappa shape index (κ3) is 4.62. The number of ether oxygens (including phenoxy) is 2. The van der Waals surface area contributed by atoms with Gasteiger partial charge in [0.15, 0.2) is 5.69 Å². The first-order valence-corrected chi connectivity index (χ1v) is 13.1. The van der Waals surface area contributed by atoms with Crippen LogP contribution in [0.3, 0.4) is 0 Å². The Morgan fingerprint density at radius 2 is 1.76 bits per heavy atom. The van der Waals surface area contributed by atoms with Gasteiger partial charge in [0.05, 0.1) is 29.9 Å². The number of carbonyl (C=O) groups is 2. The zero-order valence-corrected chi connectivity index (χ0v) is 22.1. The van der Waals surface area contributed by atoms with Gasteiger partial charge in [-0.15, -0.1) is 11.3 Å². The lowest BCUT2D eigenvalue weighted by Crippen LogP contribution is -2.25. The van der Waals surface area contributed by atoms with E-state index in [1.54, 1.807) is 42.6 Å². The van der Waals surface area contributed by atoms with Crippen LogP contribution in [0.1, 0.15) is 34.7 Å². The van der Waals surface area contributed by atoms with E-state index in [9.17, 15) is 14.4 Å². The summed E-state index contributed by atoms with van der Waals surface area (Å²) < 4.78 is 12.1. The highest BCUT2D eigenvalue weighted by atomic mass is 35.5. The topological polar surface area (TPSA) is 99.5 Å². The van der Waals surface area contributed by atoms with Gasteiger partial charge in [0.1, 0.15) is 10.8 Å². The number of hydrogen-bond donors (Lipinski definition) is 1. The average molecular weight is 548 g/mol. The second-order valence-corrected chi connectivity index (χ2v) is 9.48. The maximum atomic E-state index is 13.7. The van der Waals surface area contributed by atoms with Crippen LogP contribution in [0.25, 0.3) is 27.2 Å². The van der Waals surface area contributed by atoms with Gasteiger partial charge in [-0.2, -0.15) is 9.78 Å². The SMILES string of the molecule is CCOC(=O)c1nn(-c2ccc(Cl)cc2)c(=O)c2c(NC(=O)c3c(OCC)ccc4ccccc34)scc12. The smallest absolute Gasteiger partial charge is 0.359 e. The Morgan fingerprint density at radius 1 is 1.00 bits per heavy atom. The summed E-state index contributed by atoms with van der Waals surface area (Å²) in [5.74, 6) is -0.693. The first kappa shape index (κ1) is 25.4. The number of thiophene rings is 1. The van der Waals surface area contributed by atoms with Crippen molar-refractivity contribution in [3.05, 3.63) is 92.7 Å². The van der Waals surface area contributed by atoms with Crippen molar-refractivity contribution in [2.45, 2.75) is 13.8 Å². The number of amides is 1. The minimum absolute atomic E-state index is 0.0340. The molecular formula is C28H22ClN3O5S. The van der Waals surface area contributed by atoms with Crippen LogP contribution in [0.15, 0.2) is 70.8 Å². The molecule has 0 spiro atoms. The quantitative estimate of drug-likeness (QED) is 0.248. The van der Waals surface area contributed by atoms with Crippen LogP contribution in [0.5, 0.6) is 5.75 Å². The average Bonchev–Trinajstić information content (AvgIpc) is 3.33. The number of carbonyl (C=O) groups excluding carboxylic acids is 2. The van der Waals surface area contributed by atoms with E-state index >= 15 is 0 Å². The summed E-state index contributed by atoms with van der Waals surface area (Å²) in [4.78, 5) is 40.2. The molecule has 2 heterocycles. The summed E-state index contributed by atoms with van der Waals surface area (Å²) in [7, 11) is 0. The molecule has 1 amide bonds. The van der Waals surface area contributed by atoms with Gasteiger partial charge in [-0.05, 0) is 55.0 Å². The number of anilines is 1. The zero-order valence-electron chi connectivity index (χ0n) is 20.5. The predicted molar refractivity (Wildman–Crippen MR) is 149 cm³/mol. The number of esters is 1. The highest BCUT2D eigenvalue weighted by Crippen LogP contribution is 2.34. The monoisotopic (exact) mass is 547 g/mol. The molecule has 0 saturated carbocycles. The number of aromatic nitrogens is 2. The minimum atomic E-state index is -0.677. The Hall–Kier alpha value is -4.21. The van der Waals surface area contributed by atoms with Gasteiger partial charge in [-0.25, -0.2) is 4.79 Å². The number of benzene rings is 3. The van der Waals surface area contributed by atoms with E-state index < -0.39 is 17.4 Å². The summed E-state index contributed by atoms with van der Waals surface area (Å²) in [5.41, 5.74) is 0.218. The highest BCUT2D eigenvalue weighted by Gasteiger charge is 2.25. The van der Waals surface area contributed by atoms with Crippen LogP contribution in [-0.4, -0.2) is 34.9 Å². The number of nitrogens with zero attached hydrogens (tertiary/aromatic N) is 2. The van der Waals surface area contributed by atoms with Crippen LogP contribution in [0.2, 0.25) is 5.02 Å². The number of halogens is 1. The van der Waals surface area contributed by atoms with Crippen molar-refractivity contribution in [2.75, 3.05) is 18.5 Å². The normalized spacial score (nSPS) is 11.0. The zero-order chi connectivity index (χ0) is 26.8. The van der Waals surface area contributed by atoms with Gasteiger partial charge in [0.25, 0.3) is 11.5 Å². The molecule has 0 atom stereocenters. The van der Waals surface area contributed by atoms with E-state index in [4.69, 9.17) is 21.1 Å². The molecule has 38 heavy (non-hydrogen) atoms. The lowest BCUT2D eigenvalue weighted by molar-refractivity contribution is 0.0520. The fourth-order valence-corrected chi connectivity index (χ4v) is 5.23. The van der Waals surface area contributed by atoms with Gasteiger partial charge >= 0.3 is 5.97 Å². The van der Waals surface area contributed by atoms with Crippen LogP contribution in [0.4, 0.5) is 5.00 Å². The first-order valence-electron chi connectivity index (χ1n) is 11.9. The van der Waals surface area contributed by atoms with Crippen LogP contribution >= 0.6 is 22.9 Å². The largest absolute Gasteiger partial charge is 0.493 e. The number of fused-ring (bicyclic) bond motifs is 2. The van der Waals surface area contributed by atoms with Crippen molar-refractivity contribution < 1.29 is 19.1 Å². The van der Waals surface area contributed by atoms with E-state index in [2.05, 4.69) is 10.4 Å². The molecule has 0 bridgehead atoms. The second kappa shape index (κ2) is 10.6. The molecule has 5 aromatic rings. The number of rotatable bonds is 7. The Bertz CT molecular complexity index is 1740. The highest BCUT2D eigenvalue weighted by molar-refractivity contribution is 7.16. The minimum Gasteiger partial charge on any atom is -0.493 e.